The quantitative estimate of drug-likeness (QED) is 0.494. The Labute approximate surface area is 191 Å². The van der Waals surface area contributed by atoms with Gasteiger partial charge in [-0.25, -0.2) is 9.59 Å². The summed E-state index contributed by atoms with van der Waals surface area (Å²) in [6.07, 6.45) is 4.40. The van der Waals surface area contributed by atoms with Gasteiger partial charge in [-0.2, -0.15) is 0 Å². The minimum atomic E-state index is -0.124. The second kappa shape index (κ2) is 12.1. The van der Waals surface area contributed by atoms with Gasteiger partial charge in [0.15, 0.2) is 0 Å². The highest BCUT2D eigenvalue weighted by molar-refractivity contribution is 5.74. The van der Waals surface area contributed by atoms with Gasteiger partial charge in [0, 0.05) is 26.2 Å². The van der Waals surface area contributed by atoms with Crippen molar-refractivity contribution < 1.29 is 9.59 Å². The molecule has 0 heterocycles. The highest BCUT2D eigenvalue weighted by Gasteiger charge is 2.22. The second-order valence-electron chi connectivity index (χ2n) is 9.00. The van der Waals surface area contributed by atoms with Gasteiger partial charge in [0.1, 0.15) is 0 Å². The van der Waals surface area contributed by atoms with Gasteiger partial charge in [0.25, 0.3) is 0 Å². The summed E-state index contributed by atoms with van der Waals surface area (Å²) in [5, 5.41) is 11.9. The number of benzene rings is 2. The average molecular weight is 437 g/mol. The zero-order chi connectivity index (χ0) is 22.8. The van der Waals surface area contributed by atoms with E-state index in [0.717, 1.165) is 36.8 Å². The molecular formula is C26H36N4O2. The Morgan fingerprint density at radius 3 is 1.50 bits per heavy atom. The summed E-state index contributed by atoms with van der Waals surface area (Å²) < 4.78 is 0. The van der Waals surface area contributed by atoms with E-state index in [1.165, 1.54) is 11.1 Å². The fraction of sp³-hybridized carbons (Fsp3) is 0.462. The van der Waals surface area contributed by atoms with Crippen molar-refractivity contribution in [3.63, 3.8) is 0 Å². The molecule has 0 saturated heterocycles. The number of urea groups is 2. The normalized spacial score (nSPS) is 17.9. The standard InChI is InChI=1S/C26H36N4O2/c1-19-6-10-21(11-7-19)15-27-25(31)29-17-23-4-3-5-24(14-23)18-30-26(32)28-16-22-12-8-20(2)9-13-22/h6-13,23-24H,3-5,14-18H2,1-2H3,(H2,27,29,31)(H2,28,30,32). The number of carbonyl (C=O) groups excluding carboxylic acids is 2. The maximum absolute atomic E-state index is 12.1. The first-order chi connectivity index (χ1) is 15.5. The Hall–Kier alpha value is -3.02. The Morgan fingerprint density at radius 1 is 0.688 bits per heavy atom. The van der Waals surface area contributed by atoms with Crippen molar-refractivity contribution in [1.29, 1.82) is 0 Å². The third-order valence-corrected chi connectivity index (χ3v) is 6.14. The predicted octanol–water partition coefficient (Wildman–Crippen LogP) is 4.41. The summed E-state index contributed by atoms with van der Waals surface area (Å²) in [7, 11) is 0. The molecule has 6 nitrogen and oxygen atoms in total. The minimum absolute atomic E-state index is 0.124. The van der Waals surface area contributed by atoms with E-state index in [1.807, 2.05) is 48.5 Å². The lowest BCUT2D eigenvalue weighted by Crippen LogP contribution is -2.41. The molecule has 1 fully saturated rings. The predicted molar refractivity (Wildman–Crippen MR) is 128 cm³/mol. The molecule has 4 amide bonds. The van der Waals surface area contributed by atoms with Crippen molar-refractivity contribution in [1.82, 2.24) is 21.3 Å². The Bertz CT molecular complexity index is 793. The van der Waals surface area contributed by atoms with Crippen LogP contribution in [0.25, 0.3) is 0 Å². The zero-order valence-corrected chi connectivity index (χ0v) is 19.2. The number of rotatable bonds is 8. The second-order valence-corrected chi connectivity index (χ2v) is 9.00. The number of hydrogen-bond donors (Lipinski definition) is 4. The van der Waals surface area contributed by atoms with Crippen LogP contribution in [0.15, 0.2) is 48.5 Å². The number of hydrogen-bond acceptors (Lipinski definition) is 2. The van der Waals surface area contributed by atoms with Gasteiger partial charge in [0.05, 0.1) is 0 Å². The smallest absolute Gasteiger partial charge is 0.315 e. The molecule has 0 spiro atoms. The first-order valence-corrected chi connectivity index (χ1v) is 11.6. The van der Waals surface area contributed by atoms with Crippen molar-refractivity contribution in [2.75, 3.05) is 13.1 Å². The Morgan fingerprint density at radius 2 is 1.09 bits per heavy atom. The van der Waals surface area contributed by atoms with Crippen molar-refractivity contribution in [2.45, 2.75) is 52.6 Å². The highest BCUT2D eigenvalue weighted by atomic mass is 16.2. The van der Waals surface area contributed by atoms with Crippen LogP contribution in [0.1, 0.15) is 47.9 Å². The molecule has 2 unspecified atom stereocenters. The van der Waals surface area contributed by atoms with Gasteiger partial charge in [0.2, 0.25) is 0 Å². The van der Waals surface area contributed by atoms with Crippen LogP contribution in [0.4, 0.5) is 9.59 Å². The molecule has 0 radical (unpaired) electrons. The lowest BCUT2D eigenvalue weighted by Gasteiger charge is -2.29. The molecule has 1 aliphatic rings. The molecule has 0 bridgehead atoms. The van der Waals surface area contributed by atoms with Gasteiger partial charge in [-0.15, -0.1) is 0 Å². The fourth-order valence-electron chi connectivity index (χ4n) is 4.15. The van der Waals surface area contributed by atoms with Crippen LogP contribution < -0.4 is 21.3 Å². The van der Waals surface area contributed by atoms with Crippen LogP contribution in [-0.2, 0) is 13.1 Å². The average Bonchev–Trinajstić information content (AvgIpc) is 2.81. The molecule has 4 N–H and O–H groups in total. The Balaban J connectivity index is 1.30. The molecule has 1 saturated carbocycles. The summed E-state index contributed by atoms with van der Waals surface area (Å²) in [6, 6.07) is 16.1. The van der Waals surface area contributed by atoms with Gasteiger partial charge in [-0.1, -0.05) is 66.1 Å². The maximum atomic E-state index is 12.1. The first kappa shape index (κ1) is 23.6. The Kier molecular flexibility index (Phi) is 8.96. The van der Waals surface area contributed by atoms with E-state index in [2.05, 4.69) is 35.1 Å². The van der Waals surface area contributed by atoms with Crippen molar-refractivity contribution >= 4 is 12.1 Å². The van der Waals surface area contributed by atoms with Crippen LogP contribution in [-0.4, -0.2) is 25.2 Å². The molecule has 2 atom stereocenters. The molecule has 32 heavy (non-hydrogen) atoms. The van der Waals surface area contributed by atoms with Gasteiger partial charge < -0.3 is 21.3 Å². The van der Waals surface area contributed by atoms with Gasteiger partial charge in [-0.05, 0) is 56.1 Å². The van der Waals surface area contributed by atoms with Crippen molar-refractivity contribution in [3.8, 4) is 0 Å². The first-order valence-electron chi connectivity index (χ1n) is 11.6. The lowest BCUT2D eigenvalue weighted by atomic mass is 9.81. The molecule has 0 aromatic heterocycles. The third kappa shape index (κ3) is 8.25. The number of amides is 4. The maximum Gasteiger partial charge on any atom is 0.315 e. The van der Waals surface area contributed by atoms with Crippen LogP contribution in [0.2, 0.25) is 0 Å². The van der Waals surface area contributed by atoms with E-state index in [9.17, 15) is 9.59 Å². The van der Waals surface area contributed by atoms with Crippen LogP contribution in [0, 0.1) is 25.7 Å². The van der Waals surface area contributed by atoms with Crippen molar-refractivity contribution in [2.24, 2.45) is 11.8 Å². The summed E-state index contributed by atoms with van der Waals surface area (Å²) in [5.41, 5.74) is 4.61. The molecule has 2 aromatic rings. The summed E-state index contributed by atoms with van der Waals surface area (Å²) >= 11 is 0. The molecule has 2 aromatic carbocycles. The van der Waals surface area contributed by atoms with E-state index in [4.69, 9.17) is 0 Å². The van der Waals surface area contributed by atoms with Gasteiger partial charge >= 0.3 is 12.1 Å². The molecule has 0 aliphatic heterocycles. The highest BCUT2D eigenvalue weighted by Crippen LogP contribution is 2.28. The topological polar surface area (TPSA) is 82.3 Å². The minimum Gasteiger partial charge on any atom is -0.338 e. The van der Waals surface area contributed by atoms with E-state index in [0.29, 0.717) is 38.0 Å². The summed E-state index contributed by atoms with van der Waals surface area (Å²) in [5.74, 6) is 0.910. The van der Waals surface area contributed by atoms with Crippen molar-refractivity contribution in [3.05, 3.63) is 70.8 Å². The third-order valence-electron chi connectivity index (χ3n) is 6.14. The number of nitrogens with one attached hydrogen (secondary N) is 4. The molecule has 3 rings (SSSR count). The van der Waals surface area contributed by atoms with E-state index in [1.54, 1.807) is 0 Å². The molecular weight excluding hydrogens is 400 g/mol. The number of aryl methyl sites for hydroxylation is 2. The van der Waals surface area contributed by atoms with Crippen LogP contribution in [0.5, 0.6) is 0 Å². The van der Waals surface area contributed by atoms with E-state index < -0.39 is 0 Å². The van der Waals surface area contributed by atoms with E-state index in [-0.39, 0.29) is 12.1 Å². The van der Waals surface area contributed by atoms with Crippen LogP contribution >= 0.6 is 0 Å². The molecule has 172 valence electrons. The largest absolute Gasteiger partial charge is 0.338 e. The fourth-order valence-corrected chi connectivity index (χ4v) is 4.15. The molecule has 1 aliphatic carbocycles. The monoisotopic (exact) mass is 436 g/mol. The van der Waals surface area contributed by atoms with Gasteiger partial charge in [-0.3, -0.25) is 0 Å². The van der Waals surface area contributed by atoms with E-state index >= 15 is 0 Å². The summed E-state index contributed by atoms with van der Waals surface area (Å²) in [4.78, 5) is 24.3. The zero-order valence-electron chi connectivity index (χ0n) is 19.2. The SMILES string of the molecule is Cc1ccc(CNC(=O)NCC2CCCC(CNC(=O)NCc3ccc(C)cc3)C2)cc1. The van der Waals surface area contributed by atoms with Crippen LogP contribution in [0.3, 0.4) is 0 Å². The number of carbonyl (C=O) groups is 2. The summed E-state index contributed by atoms with van der Waals surface area (Å²) in [6.45, 7) is 6.51. The molecule has 6 heteroatoms. The lowest BCUT2D eigenvalue weighted by molar-refractivity contribution is 0.221.